The van der Waals surface area contributed by atoms with Crippen molar-refractivity contribution >= 4 is 34.6 Å². The van der Waals surface area contributed by atoms with E-state index in [0.717, 1.165) is 5.52 Å². The topological polar surface area (TPSA) is 49.9 Å². The summed E-state index contributed by atoms with van der Waals surface area (Å²) in [5.41, 5.74) is 1.13. The maximum atomic E-state index is 11.2. The first kappa shape index (κ1) is 8.97. The summed E-state index contributed by atoms with van der Waals surface area (Å²) >= 11 is 5.77. The molecule has 1 heterocycles. The van der Waals surface area contributed by atoms with Gasteiger partial charge >= 0.3 is 0 Å². The van der Waals surface area contributed by atoms with E-state index >= 15 is 0 Å². The predicted octanol–water partition coefficient (Wildman–Crippen LogP) is 2.20. The van der Waals surface area contributed by atoms with Crippen LogP contribution in [0.25, 0.3) is 10.9 Å². The highest BCUT2D eigenvalue weighted by Gasteiger charge is 2.10. The number of benzene rings is 1. The van der Waals surface area contributed by atoms with Crippen LogP contribution in [-0.4, -0.2) is 17.1 Å². The van der Waals surface area contributed by atoms with Crippen molar-refractivity contribution in [3.63, 3.8) is 0 Å². The Morgan fingerprint density at radius 1 is 1.43 bits per heavy atom. The largest absolute Gasteiger partial charge is 0.360 e. The SMILES string of the molecule is O=CC(=O)c1c[nH]c2cc(Cl)ccc12. The minimum Gasteiger partial charge on any atom is -0.360 e. The number of carbonyl (C=O) groups is 2. The van der Waals surface area contributed by atoms with Gasteiger partial charge in [0.1, 0.15) is 0 Å². The fourth-order valence-corrected chi connectivity index (χ4v) is 1.54. The van der Waals surface area contributed by atoms with Crippen molar-refractivity contribution in [1.29, 1.82) is 0 Å². The first-order valence-electron chi connectivity index (χ1n) is 3.98. The van der Waals surface area contributed by atoms with Gasteiger partial charge in [-0.25, -0.2) is 0 Å². The lowest BCUT2D eigenvalue weighted by Crippen LogP contribution is -1.97. The van der Waals surface area contributed by atoms with Crippen LogP contribution < -0.4 is 0 Å². The number of H-pyrrole nitrogens is 1. The Morgan fingerprint density at radius 2 is 2.21 bits per heavy atom. The van der Waals surface area contributed by atoms with Gasteiger partial charge in [-0.15, -0.1) is 0 Å². The predicted molar refractivity (Wildman–Crippen MR) is 53.7 cm³/mol. The van der Waals surface area contributed by atoms with Gasteiger partial charge in [-0.3, -0.25) is 9.59 Å². The molecule has 4 heteroatoms. The maximum absolute atomic E-state index is 11.2. The van der Waals surface area contributed by atoms with E-state index < -0.39 is 5.78 Å². The molecule has 1 aromatic heterocycles. The number of aromatic nitrogens is 1. The number of nitrogens with one attached hydrogen (secondary N) is 1. The maximum Gasteiger partial charge on any atom is 0.227 e. The van der Waals surface area contributed by atoms with Crippen molar-refractivity contribution < 1.29 is 9.59 Å². The summed E-state index contributed by atoms with van der Waals surface area (Å²) < 4.78 is 0. The zero-order valence-corrected chi connectivity index (χ0v) is 7.84. The van der Waals surface area contributed by atoms with Gasteiger partial charge in [-0.1, -0.05) is 17.7 Å². The van der Waals surface area contributed by atoms with Crippen LogP contribution in [0.4, 0.5) is 0 Å². The van der Waals surface area contributed by atoms with E-state index in [2.05, 4.69) is 4.98 Å². The Balaban J connectivity index is 2.69. The van der Waals surface area contributed by atoms with E-state index in [1.54, 1.807) is 18.2 Å². The molecule has 0 aliphatic heterocycles. The minimum atomic E-state index is -0.529. The molecule has 0 amide bonds. The number of Topliss-reactive ketones (excluding diaryl/α,β-unsaturated/α-hetero) is 1. The summed E-state index contributed by atoms with van der Waals surface area (Å²) in [6.45, 7) is 0. The van der Waals surface area contributed by atoms with Crippen LogP contribution >= 0.6 is 11.6 Å². The molecule has 3 nitrogen and oxygen atoms in total. The number of carbonyl (C=O) groups excluding carboxylic acids is 2. The average Bonchev–Trinajstić information content (AvgIpc) is 2.59. The van der Waals surface area contributed by atoms with E-state index in [1.165, 1.54) is 6.20 Å². The molecule has 0 unspecified atom stereocenters. The van der Waals surface area contributed by atoms with E-state index in [1.807, 2.05) is 0 Å². The third kappa shape index (κ3) is 1.32. The molecule has 0 aliphatic rings. The summed E-state index contributed by atoms with van der Waals surface area (Å²) in [7, 11) is 0. The van der Waals surface area contributed by atoms with Gasteiger partial charge in [0.15, 0.2) is 6.29 Å². The lowest BCUT2D eigenvalue weighted by molar-refractivity contribution is -0.104. The second kappa shape index (κ2) is 3.27. The fraction of sp³-hybridized carbons (Fsp3) is 0. The second-order valence-electron chi connectivity index (χ2n) is 2.87. The zero-order valence-electron chi connectivity index (χ0n) is 7.08. The molecule has 0 spiro atoms. The Hall–Kier alpha value is -1.61. The minimum absolute atomic E-state index is 0.303. The van der Waals surface area contributed by atoms with Crippen molar-refractivity contribution in [2.45, 2.75) is 0 Å². The normalized spacial score (nSPS) is 10.4. The van der Waals surface area contributed by atoms with Crippen LogP contribution in [0.15, 0.2) is 24.4 Å². The number of rotatable bonds is 2. The molecule has 0 atom stereocenters. The molecule has 14 heavy (non-hydrogen) atoms. The number of ketones is 1. The van der Waals surface area contributed by atoms with Crippen molar-refractivity contribution in [3.05, 3.63) is 35.0 Å². The Kier molecular flexibility index (Phi) is 2.09. The van der Waals surface area contributed by atoms with Crippen molar-refractivity contribution in [3.8, 4) is 0 Å². The first-order chi connectivity index (χ1) is 6.72. The second-order valence-corrected chi connectivity index (χ2v) is 3.31. The summed E-state index contributed by atoms with van der Waals surface area (Å²) in [4.78, 5) is 24.4. The van der Waals surface area contributed by atoms with E-state index in [0.29, 0.717) is 22.3 Å². The van der Waals surface area contributed by atoms with Crippen molar-refractivity contribution in [2.24, 2.45) is 0 Å². The Morgan fingerprint density at radius 3 is 2.93 bits per heavy atom. The van der Waals surface area contributed by atoms with Crippen LogP contribution in [0.3, 0.4) is 0 Å². The van der Waals surface area contributed by atoms with Crippen LogP contribution in [0.2, 0.25) is 5.02 Å². The molecule has 0 radical (unpaired) electrons. The number of hydrogen-bond donors (Lipinski definition) is 1. The van der Waals surface area contributed by atoms with Gasteiger partial charge in [-0.2, -0.15) is 0 Å². The van der Waals surface area contributed by atoms with Gasteiger partial charge in [0, 0.05) is 22.1 Å². The van der Waals surface area contributed by atoms with E-state index in [4.69, 9.17) is 11.6 Å². The summed E-state index contributed by atoms with van der Waals surface area (Å²) in [5, 5.41) is 1.30. The third-order valence-electron chi connectivity index (χ3n) is 2.02. The van der Waals surface area contributed by atoms with Crippen molar-refractivity contribution in [2.75, 3.05) is 0 Å². The first-order valence-corrected chi connectivity index (χ1v) is 4.36. The Labute approximate surface area is 84.7 Å². The molecule has 0 fully saturated rings. The third-order valence-corrected chi connectivity index (χ3v) is 2.25. The zero-order chi connectivity index (χ0) is 10.1. The van der Waals surface area contributed by atoms with Crippen molar-refractivity contribution in [1.82, 2.24) is 4.98 Å². The molecule has 0 saturated heterocycles. The van der Waals surface area contributed by atoms with Crippen LogP contribution in [0.5, 0.6) is 0 Å². The molecular weight excluding hydrogens is 202 g/mol. The highest BCUT2D eigenvalue weighted by atomic mass is 35.5. The molecule has 1 N–H and O–H groups in total. The highest BCUT2D eigenvalue weighted by Crippen LogP contribution is 2.21. The molecule has 2 rings (SSSR count). The van der Waals surface area contributed by atoms with Crippen LogP contribution in [0, 0.1) is 0 Å². The molecule has 70 valence electrons. The van der Waals surface area contributed by atoms with Gasteiger partial charge in [0.2, 0.25) is 5.78 Å². The smallest absolute Gasteiger partial charge is 0.227 e. The van der Waals surface area contributed by atoms with Gasteiger partial charge in [0.05, 0.1) is 5.56 Å². The quantitative estimate of drug-likeness (QED) is 0.466. The summed E-state index contributed by atoms with van der Waals surface area (Å²) in [6, 6.07) is 5.10. The van der Waals surface area contributed by atoms with Crippen LogP contribution in [0.1, 0.15) is 10.4 Å². The standard InChI is InChI=1S/C10H6ClNO2/c11-6-1-2-7-8(10(14)5-13)4-12-9(7)3-6/h1-5,12H. The average molecular weight is 208 g/mol. The summed E-state index contributed by atoms with van der Waals surface area (Å²) in [5.74, 6) is -0.529. The highest BCUT2D eigenvalue weighted by molar-refractivity contribution is 6.36. The van der Waals surface area contributed by atoms with E-state index in [-0.39, 0.29) is 0 Å². The number of aromatic amines is 1. The monoisotopic (exact) mass is 207 g/mol. The van der Waals surface area contributed by atoms with Gasteiger partial charge < -0.3 is 4.98 Å². The lowest BCUT2D eigenvalue weighted by atomic mass is 10.1. The molecule has 2 aromatic rings. The lowest BCUT2D eigenvalue weighted by Gasteiger charge is -1.92. The Bertz CT molecular complexity index is 516. The molecule has 0 bridgehead atoms. The summed E-state index contributed by atoms with van der Waals surface area (Å²) in [6.07, 6.45) is 1.81. The number of aldehydes is 1. The fourth-order valence-electron chi connectivity index (χ4n) is 1.37. The molecule has 0 saturated carbocycles. The number of hydrogen-bond acceptors (Lipinski definition) is 2. The molecular formula is C10H6ClNO2. The van der Waals surface area contributed by atoms with Crippen LogP contribution in [-0.2, 0) is 4.79 Å². The number of fused-ring (bicyclic) bond motifs is 1. The molecule has 1 aromatic carbocycles. The van der Waals surface area contributed by atoms with Gasteiger partial charge in [0.25, 0.3) is 0 Å². The van der Waals surface area contributed by atoms with Gasteiger partial charge in [-0.05, 0) is 12.1 Å². The van der Waals surface area contributed by atoms with E-state index in [9.17, 15) is 9.59 Å². The number of halogens is 1. The molecule has 0 aliphatic carbocycles.